The van der Waals surface area contributed by atoms with Gasteiger partial charge in [-0.2, -0.15) is 5.26 Å². The maximum absolute atomic E-state index is 11.2. The number of nitriles is 1. The molecule has 0 aliphatic carbocycles. The number of anilines is 1. The molecule has 0 fully saturated rings. The average Bonchev–Trinajstić information content (AvgIpc) is 2.41. The molecule has 1 aliphatic heterocycles. The Balaban J connectivity index is 2.68. The largest absolute Gasteiger partial charge is 0.312 e. The van der Waals surface area contributed by atoms with Crippen molar-refractivity contribution in [3.63, 3.8) is 0 Å². The zero-order valence-electron chi connectivity index (χ0n) is 6.52. The lowest BCUT2D eigenvalue weighted by atomic mass is 10.1. The van der Waals surface area contributed by atoms with Gasteiger partial charge in [0.25, 0.3) is 5.78 Å². The summed E-state index contributed by atoms with van der Waals surface area (Å²) in [5, 5.41) is 8.60. The van der Waals surface area contributed by atoms with Gasteiger partial charge in [0.05, 0.1) is 11.3 Å². The normalized spacial score (nSPS) is 14.2. The van der Waals surface area contributed by atoms with Gasteiger partial charge in [0.2, 0.25) is 0 Å². The van der Waals surface area contributed by atoms with E-state index in [1.165, 1.54) is 6.07 Å². The summed E-state index contributed by atoms with van der Waals surface area (Å²) in [4.78, 5) is 23.2. The van der Waals surface area contributed by atoms with Crippen LogP contribution in [0.15, 0.2) is 24.3 Å². The summed E-state index contributed by atoms with van der Waals surface area (Å²) in [6.45, 7) is 0. The second-order valence-corrected chi connectivity index (χ2v) is 2.59. The van der Waals surface area contributed by atoms with Gasteiger partial charge in [0.1, 0.15) is 0 Å². The lowest BCUT2D eigenvalue weighted by Crippen LogP contribution is -2.24. The number of Topliss-reactive ketones (excluding diaryl/α,β-unsaturated/α-hetero) is 1. The first-order valence-corrected chi connectivity index (χ1v) is 3.63. The van der Waals surface area contributed by atoms with Gasteiger partial charge in [-0.05, 0) is 12.1 Å². The van der Waals surface area contributed by atoms with Gasteiger partial charge in [-0.25, -0.2) is 4.90 Å². The highest BCUT2D eigenvalue weighted by Crippen LogP contribution is 2.27. The van der Waals surface area contributed by atoms with E-state index in [-0.39, 0.29) is 0 Å². The topological polar surface area (TPSA) is 61.2 Å². The van der Waals surface area contributed by atoms with Crippen molar-refractivity contribution in [2.75, 3.05) is 4.90 Å². The molecule has 0 atom stereocenters. The van der Waals surface area contributed by atoms with Crippen molar-refractivity contribution >= 4 is 17.4 Å². The molecule has 1 amide bonds. The van der Waals surface area contributed by atoms with Crippen molar-refractivity contribution in [3.8, 4) is 6.19 Å². The molecule has 1 aliphatic rings. The van der Waals surface area contributed by atoms with E-state index in [2.05, 4.69) is 0 Å². The first kappa shape index (κ1) is 7.50. The van der Waals surface area contributed by atoms with Crippen molar-refractivity contribution in [1.29, 1.82) is 5.26 Å². The van der Waals surface area contributed by atoms with Crippen molar-refractivity contribution < 1.29 is 9.59 Å². The predicted molar refractivity (Wildman–Crippen MR) is 43.9 cm³/mol. The number of rotatable bonds is 0. The van der Waals surface area contributed by atoms with E-state index in [1.807, 2.05) is 0 Å². The molecule has 4 nitrogen and oxygen atoms in total. The fourth-order valence-corrected chi connectivity index (χ4v) is 1.29. The Morgan fingerprint density at radius 3 is 2.62 bits per heavy atom. The van der Waals surface area contributed by atoms with E-state index in [4.69, 9.17) is 5.26 Å². The predicted octanol–water partition coefficient (Wildman–Crippen LogP) is 0.697. The molecule has 0 bridgehead atoms. The molecule has 62 valence electrons. The van der Waals surface area contributed by atoms with Crippen molar-refractivity contribution in [1.82, 2.24) is 0 Å². The Labute approximate surface area is 74.0 Å². The Morgan fingerprint density at radius 2 is 1.92 bits per heavy atom. The fraction of sp³-hybridized carbons (Fsp3) is 0. The number of benzene rings is 1. The highest BCUT2D eigenvalue weighted by molar-refractivity contribution is 6.52. The molecule has 0 N–H and O–H groups in total. The molecule has 4 heteroatoms. The summed E-state index contributed by atoms with van der Waals surface area (Å²) in [7, 11) is 0. The smallest absolute Gasteiger partial charge is 0.283 e. The highest BCUT2D eigenvalue weighted by Gasteiger charge is 2.35. The second-order valence-electron chi connectivity index (χ2n) is 2.59. The van der Waals surface area contributed by atoms with Crippen molar-refractivity contribution in [2.24, 2.45) is 0 Å². The van der Waals surface area contributed by atoms with Gasteiger partial charge in [0, 0.05) is 0 Å². The molecule has 0 saturated carbocycles. The first-order chi connectivity index (χ1) is 6.25. The summed E-state index contributed by atoms with van der Waals surface area (Å²) in [6, 6.07) is 6.44. The summed E-state index contributed by atoms with van der Waals surface area (Å²) < 4.78 is 0. The minimum atomic E-state index is -0.774. The molecular weight excluding hydrogens is 168 g/mol. The number of ketones is 1. The number of hydrogen-bond donors (Lipinski definition) is 0. The number of carbonyl (C=O) groups excluding carboxylic acids is 2. The molecule has 0 aromatic heterocycles. The zero-order chi connectivity index (χ0) is 9.42. The number of hydrogen-bond acceptors (Lipinski definition) is 3. The molecular formula is C9H4N2O2. The fourth-order valence-electron chi connectivity index (χ4n) is 1.29. The first-order valence-electron chi connectivity index (χ1n) is 3.63. The van der Waals surface area contributed by atoms with Crippen LogP contribution in [0.4, 0.5) is 5.69 Å². The van der Waals surface area contributed by atoms with Crippen LogP contribution < -0.4 is 4.90 Å². The van der Waals surface area contributed by atoms with Crippen LogP contribution in [-0.4, -0.2) is 11.7 Å². The maximum atomic E-state index is 11.2. The summed E-state index contributed by atoms with van der Waals surface area (Å²) >= 11 is 0. The van der Waals surface area contributed by atoms with Crippen LogP contribution in [0.1, 0.15) is 10.4 Å². The van der Waals surface area contributed by atoms with E-state index in [9.17, 15) is 9.59 Å². The van der Waals surface area contributed by atoms with E-state index in [0.717, 1.165) is 4.90 Å². The van der Waals surface area contributed by atoms with E-state index >= 15 is 0 Å². The number of carbonyl (C=O) groups is 2. The zero-order valence-corrected chi connectivity index (χ0v) is 6.52. The lowest BCUT2D eigenvalue weighted by Gasteiger charge is -2.02. The van der Waals surface area contributed by atoms with Crippen LogP contribution in [-0.2, 0) is 4.79 Å². The summed E-state index contributed by atoms with van der Waals surface area (Å²) in [5.74, 6) is -1.39. The molecule has 2 rings (SSSR count). The molecule has 0 saturated heterocycles. The van der Waals surface area contributed by atoms with Crippen LogP contribution in [0.2, 0.25) is 0 Å². The Bertz CT molecular complexity index is 445. The van der Waals surface area contributed by atoms with Crippen LogP contribution >= 0.6 is 0 Å². The molecule has 1 heterocycles. The molecule has 0 spiro atoms. The van der Waals surface area contributed by atoms with Gasteiger partial charge in [-0.3, -0.25) is 9.59 Å². The molecule has 13 heavy (non-hydrogen) atoms. The third-order valence-electron chi connectivity index (χ3n) is 1.89. The summed E-state index contributed by atoms with van der Waals surface area (Å²) in [6.07, 6.45) is 1.66. The minimum absolute atomic E-state index is 0.300. The molecule has 1 aromatic carbocycles. The van der Waals surface area contributed by atoms with Crippen LogP contribution in [0, 0.1) is 11.5 Å². The van der Waals surface area contributed by atoms with Crippen molar-refractivity contribution in [2.45, 2.75) is 0 Å². The van der Waals surface area contributed by atoms with E-state index in [1.54, 1.807) is 24.4 Å². The quantitative estimate of drug-likeness (QED) is 0.427. The van der Waals surface area contributed by atoms with Gasteiger partial charge < -0.3 is 0 Å². The molecule has 0 radical (unpaired) electrons. The molecule has 1 aromatic rings. The third kappa shape index (κ3) is 0.842. The monoisotopic (exact) mass is 172 g/mol. The van der Waals surface area contributed by atoms with Crippen LogP contribution in [0.3, 0.4) is 0 Å². The SMILES string of the molecule is N#CN1C(=O)C(=O)c2ccccc21. The van der Waals surface area contributed by atoms with E-state index < -0.39 is 11.7 Å². The van der Waals surface area contributed by atoms with Crippen molar-refractivity contribution in [3.05, 3.63) is 29.8 Å². The number of para-hydroxylation sites is 1. The van der Waals surface area contributed by atoms with Gasteiger partial charge >= 0.3 is 5.91 Å². The minimum Gasteiger partial charge on any atom is -0.283 e. The Morgan fingerprint density at radius 1 is 1.23 bits per heavy atom. The standard InChI is InChI=1S/C9H4N2O2/c10-5-11-7-4-2-1-3-6(7)8(12)9(11)13/h1-4H. The van der Waals surface area contributed by atoms with Crippen LogP contribution in [0.5, 0.6) is 0 Å². The Hall–Kier alpha value is -2.15. The third-order valence-corrected chi connectivity index (χ3v) is 1.89. The van der Waals surface area contributed by atoms with Gasteiger partial charge in [-0.1, -0.05) is 12.1 Å². The summed E-state index contributed by atoms with van der Waals surface area (Å²) in [5.41, 5.74) is 0.675. The second kappa shape index (κ2) is 2.42. The number of amides is 1. The van der Waals surface area contributed by atoms with Gasteiger partial charge in [0.15, 0.2) is 6.19 Å². The number of nitrogens with zero attached hydrogens (tertiary/aromatic N) is 2. The number of fused-ring (bicyclic) bond motifs is 1. The Kier molecular flexibility index (Phi) is 1.40. The van der Waals surface area contributed by atoms with E-state index in [0.29, 0.717) is 11.3 Å². The van der Waals surface area contributed by atoms with Crippen LogP contribution in [0.25, 0.3) is 0 Å². The lowest BCUT2D eigenvalue weighted by molar-refractivity contribution is -0.113. The molecule has 0 unspecified atom stereocenters. The average molecular weight is 172 g/mol. The highest BCUT2D eigenvalue weighted by atomic mass is 16.2. The maximum Gasteiger partial charge on any atom is 0.312 e. The van der Waals surface area contributed by atoms with Gasteiger partial charge in [-0.15, -0.1) is 0 Å².